The van der Waals surface area contributed by atoms with Gasteiger partial charge < -0.3 is 10.1 Å². The van der Waals surface area contributed by atoms with Gasteiger partial charge in [0.2, 0.25) is 5.91 Å². The van der Waals surface area contributed by atoms with E-state index in [0.29, 0.717) is 30.4 Å². The number of amides is 1. The largest absolute Gasteiger partial charge is 0.378 e. The molecule has 1 aromatic rings. The van der Waals surface area contributed by atoms with E-state index < -0.39 is 0 Å². The predicted octanol–water partition coefficient (Wildman–Crippen LogP) is 3.97. The summed E-state index contributed by atoms with van der Waals surface area (Å²) in [6.07, 6.45) is 5.46. The molecule has 5 atom stereocenters. The van der Waals surface area contributed by atoms with Crippen LogP contribution in [0.1, 0.15) is 52.0 Å². The van der Waals surface area contributed by atoms with Crippen molar-refractivity contribution in [2.75, 3.05) is 6.61 Å². The molecule has 1 N–H and O–H groups in total. The Kier molecular flexibility index (Phi) is 4.18. The zero-order chi connectivity index (χ0) is 17.7. The summed E-state index contributed by atoms with van der Waals surface area (Å²) in [6.45, 7) is 7.51. The van der Waals surface area contributed by atoms with E-state index in [1.165, 1.54) is 18.4 Å². The molecule has 136 valence electrons. The monoisotopic (exact) mass is 341 g/mol. The molecule has 0 aromatic heterocycles. The summed E-state index contributed by atoms with van der Waals surface area (Å²) >= 11 is 0. The van der Waals surface area contributed by atoms with E-state index in [0.717, 1.165) is 19.4 Å². The summed E-state index contributed by atoms with van der Waals surface area (Å²) < 4.78 is 6.28. The van der Waals surface area contributed by atoms with Crippen LogP contribution in [0.4, 0.5) is 0 Å². The smallest absolute Gasteiger partial charge is 0.219 e. The van der Waals surface area contributed by atoms with Crippen LogP contribution >= 0.6 is 0 Å². The number of carbonyl (C=O) groups is 1. The third-order valence-corrected chi connectivity index (χ3v) is 7.53. The Morgan fingerprint density at radius 3 is 2.76 bits per heavy atom. The molecule has 3 fully saturated rings. The molecule has 2 bridgehead atoms. The second-order valence-electron chi connectivity index (χ2n) is 9.00. The number of hydrogen-bond donors (Lipinski definition) is 1. The summed E-state index contributed by atoms with van der Waals surface area (Å²) in [5.74, 6) is 1.46. The second-order valence-corrected chi connectivity index (χ2v) is 9.00. The minimum Gasteiger partial charge on any atom is -0.378 e. The van der Waals surface area contributed by atoms with E-state index in [1.807, 2.05) is 6.92 Å². The van der Waals surface area contributed by atoms with Gasteiger partial charge in [0.05, 0.1) is 6.10 Å². The second kappa shape index (κ2) is 6.12. The molecule has 25 heavy (non-hydrogen) atoms. The van der Waals surface area contributed by atoms with Crippen molar-refractivity contribution >= 4 is 5.91 Å². The van der Waals surface area contributed by atoms with Crippen molar-refractivity contribution in [1.29, 1.82) is 0 Å². The van der Waals surface area contributed by atoms with Crippen LogP contribution in [0.2, 0.25) is 0 Å². The summed E-state index contributed by atoms with van der Waals surface area (Å²) in [6, 6.07) is 11.0. The van der Waals surface area contributed by atoms with E-state index in [-0.39, 0.29) is 16.7 Å². The van der Waals surface area contributed by atoms with Gasteiger partial charge in [-0.05, 0) is 53.9 Å². The average Bonchev–Trinajstić information content (AvgIpc) is 3.09. The minimum absolute atomic E-state index is 0.190. The zero-order valence-corrected chi connectivity index (χ0v) is 15.8. The van der Waals surface area contributed by atoms with Gasteiger partial charge in [-0.3, -0.25) is 4.79 Å². The molecule has 2 saturated carbocycles. The van der Waals surface area contributed by atoms with Crippen LogP contribution in [0.5, 0.6) is 0 Å². The van der Waals surface area contributed by atoms with E-state index in [1.54, 1.807) is 0 Å². The topological polar surface area (TPSA) is 38.3 Å². The molecule has 1 amide bonds. The lowest BCUT2D eigenvalue weighted by Crippen LogP contribution is -2.60. The number of nitrogens with one attached hydrogen (secondary N) is 1. The van der Waals surface area contributed by atoms with E-state index >= 15 is 0 Å². The number of benzene rings is 1. The van der Waals surface area contributed by atoms with Crippen LogP contribution in [-0.4, -0.2) is 24.7 Å². The lowest BCUT2D eigenvalue weighted by Gasteiger charge is -2.53. The van der Waals surface area contributed by atoms with Crippen molar-refractivity contribution < 1.29 is 9.53 Å². The zero-order valence-electron chi connectivity index (χ0n) is 15.8. The van der Waals surface area contributed by atoms with Gasteiger partial charge in [-0.25, -0.2) is 0 Å². The van der Waals surface area contributed by atoms with Crippen LogP contribution in [0.3, 0.4) is 0 Å². The lowest BCUT2D eigenvalue weighted by molar-refractivity contribution is -0.135. The number of hydrogen-bond acceptors (Lipinski definition) is 2. The number of ether oxygens (including phenoxy) is 1. The van der Waals surface area contributed by atoms with Gasteiger partial charge >= 0.3 is 0 Å². The normalized spacial score (nSPS) is 38.4. The Labute approximate surface area is 151 Å². The third kappa shape index (κ3) is 2.63. The average molecular weight is 341 g/mol. The van der Waals surface area contributed by atoms with E-state index in [4.69, 9.17) is 4.74 Å². The maximum atomic E-state index is 12.2. The lowest BCUT2D eigenvalue weighted by atomic mass is 9.59. The van der Waals surface area contributed by atoms with Gasteiger partial charge in [-0.15, -0.1) is 0 Å². The maximum absolute atomic E-state index is 12.2. The molecule has 1 saturated heterocycles. The molecule has 2 aliphatic carbocycles. The van der Waals surface area contributed by atoms with Gasteiger partial charge in [0.15, 0.2) is 0 Å². The first-order valence-corrected chi connectivity index (χ1v) is 9.92. The molecule has 1 spiro atoms. The summed E-state index contributed by atoms with van der Waals surface area (Å²) in [5.41, 5.74) is 1.79. The van der Waals surface area contributed by atoms with Crippen LogP contribution in [0.15, 0.2) is 30.3 Å². The van der Waals surface area contributed by atoms with Crippen molar-refractivity contribution in [2.45, 2.75) is 65.0 Å². The maximum Gasteiger partial charge on any atom is 0.219 e. The van der Waals surface area contributed by atoms with Gasteiger partial charge in [-0.2, -0.15) is 0 Å². The third-order valence-electron chi connectivity index (χ3n) is 7.53. The molecular weight excluding hydrogens is 310 g/mol. The first kappa shape index (κ1) is 17.1. The Balaban J connectivity index is 1.61. The molecule has 1 aromatic carbocycles. The highest BCUT2D eigenvalue weighted by Crippen LogP contribution is 2.68. The predicted molar refractivity (Wildman–Crippen MR) is 99.2 cm³/mol. The van der Waals surface area contributed by atoms with Crippen molar-refractivity contribution in [1.82, 2.24) is 5.32 Å². The molecule has 0 unspecified atom stereocenters. The number of fused-ring (bicyclic) bond motifs is 1. The standard InChI is InChI=1S/C22H31NO2/c1-4-19(24)23-20-21(2,3)16-13-17-18(12-15-8-6-5-7-9-15)25-11-10-22(17,20)14-16/h5-9,16-18,20H,4,10-14H2,1-3H3,(H,23,24)/t16-,17-,18-,20+,22-/m1/s1. The molecule has 3 nitrogen and oxygen atoms in total. The van der Waals surface area contributed by atoms with Gasteiger partial charge in [0, 0.05) is 19.1 Å². The van der Waals surface area contributed by atoms with E-state index in [2.05, 4.69) is 49.5 Å². The fourth-order valence-corrected chi connectivity index (χ4v) is 6.22. The number of rotatable bonds is 4. The van der Waals surface area contributed by atoms with Gasteiger partial charge in [-0.1, -0.05) is 51.1 Å². The SMILES string of the molecule is CCC(=O)N[C@H]1C(C)(C)[C@@H]2C[C@@H]3[C@@H](Cc4ccccc4)OCC[C@@]31C2. The highest BCUT2D eigenvalue weighted by molar-refractivity contribution is 5.76. The highest BCUT2D eigenvalue weighted by atomic mass is 16.5. The summed E-state index contributed by atoms with van der Waals surface area (Å²) in [4.78, 5) is 12.2. The Bertz CT molecular complexity index is 641. The first-order valence-electron chi connectivity index (χ1n) is 9.92. The van der Waals surface area contributed by atoms with Crippen LogP contribution in [0, 0.1) is 22.7 Å². The highest BCUT2D eigenvalue weighted by Gasteiger charge is 2.68. The minimum atomic E-state index is 0.190. The summed E-state index contributed by atoms with van der Waals surface area (Å²) in [5, 5.41) is 3.43. The van der Waals surface area contributed by atoms with Crippen molar-refractivity contribution in [3.63, 3.8) is 0 Å². The van der Waals surface area contributed by atoms with Crippen LogP contribution < -0.4 is 5.32 Å². The summed E-state index contributed by atoms with van der Waals surface area (Å²) in [7, 11) is 0. The molecule has 1 heterocycles. The van der Waals surface area contributed by atoms with E-state index in [9.17, 15) is 4.79 Å². The van der Waals surface area contributed by atoms with Gasteiger partial charge in [0.25, 0.3) is 0 Å². The van der Waals surface area contributed by atoms with Crippen LogP contribution in [0.25, 0.3) is 0 Å². The Morgan fingerprint density at radius 1 is 1.28 bits per heavy atom. The quantitative estimate of drug-likeness (QED) is 0.900. The van der Waals surface area contributed by atoms with Gasteiger partial charge in [0.1, 0.15) is 0 Å². The molecule has 3 heteroatoms. The molecule has 0 radical (unpaired) electrons. The van der Waals surface area contributed by atoms with Crippen molar-refractivity contribution in [2.24, 2.45) is 22.7 Å². The molecule has 4 rings (SSSR count). The van der Waals surface area contributed by atoms with Crippen molar-refractivity contribution in [3.05, 3.63) is 35.9 Å². The fourth-order valence-electron chi connectivity index (χ4n) is 6.22. The van der Waals surface area contributed by atoms with Crippen molar-refractivity contribution in [3.8, 4) is 0 Å². The molecule has 3 aliphatic rings. The molecular formula is C22H31NO2. The number of carbonyl (C=O) groups excluding carboxylic acids is 1. The van der Waals surface area contributed by atoms with Crippen LogP contribution in [-0.2, 0) is 16.0 Å². The molecule has 1 aliphatic heterocycles. The first-order chi connectivity index (χ1) is 12.0. The Hall–Kier alpha value is -1.35. The fraction of sp³-hybridized carbons (Fsp3) is 0.682. The Morgan fingerprint density at radius 2 is 2.04 bits per heavy atom.